The molecule has 0 fully saturated rings. The number of fused-ring (bicyclic) bond motifs is 3. The van der Waals surface area contributed by atoms with E-state index in [1.807, 2.05) is 46.9 Å². The highest BCUT2D eigenvalue weighted by atomic mass is 19.2. The number of hydrogen-bond donors (Lipinski definition) is 0. The molecule has 0 radical (unpaired) electrons. The molecule has 5 rings (SSSR count). The van der Waals surface area contributed by atoms with Gasteiger partial charge in [0.1, 0.15) is 5.71 Å². The molecule has 3 aromatic rings. The van der Waals surface area contributed by atoms with E-state index in [9.17, 15) is 0 Å². The largest absolute Gasteiger partial charge is 0.737 e. The number of para-hydroxylation sites is 1. The lowest BCUT2D eigenvalue weighted by molar-refractivity contribution is -0.363. The Morgan fingerprint density at radius 1 is 1.00 bits per heavy atom. The molecule has 0 bridgehead atoms. The van der Waals surface area contributed by atoms with E-state index in [4.69, 9.17) is 0 Å². The van der Waals surface area contributed by atoms with Crippen molar-refractivity contribution in [1.29, 1.82) is 0 Å². The maximum Gasteiger partial charge on any atom is 0.737 e. The van der Waals surface area contributed by atoms with Gasteiger partial charge in [-0.3, -0.25) is 0 Å². The Balaban J connectivity index is 2.03. The Labute approximate surface area is 188 Å². The van der Waals surface area contributed by atoms with Crippen LogP contribution in [0.25, 0.3) is 16.5 Å². The summed E-state index contributed by atoms with van der Waals surface area (Å²) in [7, 11) is 2.02. The Hall–Kier alpha value is -2.89. The maximum absolute atomic E-state index is 16.3. The molecule has 3 nitrogen and oxygen atoms in total. The zero-order valence-corrected chi connectivity index (χ0v) is 20.0. The molecule has 0 aliphatic carbocycles. The summed E-state index contributed by atoms with van der Waals surface area (Å²) in [5, 5.41) is 1.09. The maximum atomic E-state index is 16.3. The van der Waals surface area contributed by atoms with E-state index in [1.54, 1.807) is 0 Å². The van der Waals surface area contributed by atoms with Crippen molar-refractivity contribution in [3.63, 3.8) is 0 Å². The molecule has 2 aliphatic rings. The van der Waals surface area contributed by atoms with Gasteiger partial charge < -0.3 is 22.2 Å². The van der Waals surface area contributed by atoms with Crippen molar-refractivity contribution < 1.29 is 13.1 Å². The zero-order chi connectivity index (χ0) is 23.1. The molecular formula is C26H30BF2N3. The monoisotopic (exact) mass is 433 g/mol. The van der Waals surface area contributed by atoms with Crippen molar-refractivity contribution in [1.82, 2.24) is 9.05 Å². The molecule has 0 saturated carbocycles. The van der Waals surface area contributed by atoms with Crippen molar-refractivity contribution in [2.45, 2.75) is 54.4 Å². The van der Waals surface area contributed by atoms with Gasteiger partial charge in [-0.2, -0.15) is 0 Å². The summed E-state index contributed by atoms with van der Waals surface area (Å²) in [6.45, 7) is 7.83. The SMILES string of the molecule is CCC1=C(C)C2=C(c3cn(C)c4ccccc34)c3c(C)c(CC)c(C)n3[B-](F)(F)[N+]2=C1C. The van der Waals surface area contributed by atoms with Gasteiger partial charge in [-0.05, 0) is 56.5 Å². The highest BCUT2D eigenvalue weighted by molar-refractivity contribution is 6.58. The van der Waals surface area contributed by atoms with Crippen LogP contribution in [-0.2, 0) is 13.5 Å². The minimum atomic E-state index is -3.99. The summed E-state index contributed by atoms with van der Waals surface area (Å²) in [6, 6.07) is 8.23. The van der Waals surface area contributed by atoms with Gasteiger partial charge in [0.15, 0.2) is 5.70 Å². The Morgan fingerprint density at radius 3 is 2.34 bits per heavy atom. The number of halogens is 2. The van der Waals surface area contributed by atoms with Crippen LogP contribution >= 0.6 is 0 Å². The fraction of sp³-hybridized carbons (Fsp3) is 0.346. The van der Waals surface area contributed by atoms with E-state index in [1.165, 1.54) is 8.96 Å². The third-order valence-corrected chi connectivity index (χ3v) is 7.66. The van der Waals surface area contributed by atoms with Gasteiger partial charge in [0.2, 0.25) is 0 Å². The predicted molar refractivity (Wildman–Crippen MR) is 130 cm³/mol. The van der Waals surface area contributed by atoms with E-state index in [2.05, 4.69) is 36.7 Å². The molecular weight excluding hydrogens is 403 g/mol. The minimum Gasteiger partial charge on any atom is -0.393 e. The molecule has 0 unspecified atom stereocenters. The zero-order valence-electron chi connectivity index (χ0n) is 20.0. The molecule has 0 amide bonds. The molecule has 6 heteroatoms. The third kappa shape index (κ3) is 2.38. The van der Waals surface area contributed by atoms with Crippen LogP contribution in [0, 0.1) is 13.8 Å². The fourth-order valence-corrected chi connectivity index (χ4v) is 6.27. The standard InChI is InChI=1S/C26H30BF2N3/c1-8-19-15(3)25-24(22-14-30(7)23-13-11-10-12-21(22)23)26-16(4)20(9-2)18(6)32(26)27(28,29)31(25)17(19)5/h10-14H,8-9H2,1-7H3. The number of benzene rings is 1. The van der Waals surface area contributed by atoms with Crippen LogP contribution in [0.1, 0.15) is 62.2 Å². The van der Waals surface area contributed by atoms with Crippen LogP contribution in [0.5, 0.6) is 0 Å². The summed E-state index contributed by atoms with van der Waals surface area (Å²) >= 11 is 0. The molecule has 0 spiro atoms. The molecule has 4 heterocycles. The molecule has 166 valence electrons. The van der Waals surface area contributed by atoms with Gasteiger partial charge in [-0.25, -0.2) is 0 Å². The van der Waals surface area contributed by atoms with E-state index < -0.39 is 6.97 Å². The fourth-order valence-electron chi connectivity index (χ4n) is 6.27. The molecule has 32 heavy (non-hydrogen) atoms. The normalized spacial score (nSPS) is 17.7. The van der Waals surface area contributed by atoms with E-state index in [0.717, 1.165) is 57.2 Å². The number of aromatic nitrogens is 2. The Kier molecular flexibility index (Phi) is 4.46. The first kappa shape index (κ1) is 21.0. The van der Waals surface area contributed by atoms with Gasteiger partial charge in [-0.1, -0.05) is 32.0 Å². The Morgan fingerprint density at radius 2 is 1.69 bits per heavy atom. The first-order valence-corrected chi connectivity index (χ1v) is 11.5. The number of aryl methyl sites for hydroxylation is 1. The molecule has 2 aromatic heterocycles. The first-order valence-electron chi connectivity index (χ1n) is 11.5. The summed E-state index contributed by atoms with van der Waals surface area (Å²) < 4.78 is 37.5. The smallest absolute Gasteiger partial charge is 0.393 e. The number of rotatable bonds is 3. The van der Waals surface area contributed by atoms with Crippen LogP contribution in [0.15, 0.2) is 47.3 Å². The van der Waals surface area contributed by atoms with Crippen molar-refractivity contribution in [3.05, 3.63) is 75.4 Å². The van der Waals surface area contributed by atoms with Gasteiger partial charge in [0.05, 0.1) is 5.57 Å². The molecule has 2 aliphatic heterocycles. The van der Waals surface area contributed by atoms with Crippen molar-refractivity contribution in [3.8, 4) is 0 Å². The highest BCUT2D eigenvalue weighted by Crippen LogP contribution is 2.48. The van der Waals surface area contributed by atoms with Gasteiger partial charge >= 0.3 is 6.97 Å². The van der Waals surface area contributed by atoms with Crippen molar-refractivity contribution >= 4 is 29.2 Å². The summed E-state index contributed by atoms with van der Waals surface area (Å²) in [4.78, 5) is 0. The van der Waals surface area contributed by atoms with Crippen molar-refractivity contribution in [2.24, 2.45) is 7.05 Å². The summed E-state index contributed by atoms with van der Waals surface area (Å²) in [5.74, 6) is 0. The van der Waals surface area contributed by atoms with E-state index in [-0.39, 0.29) is 0 Å². The third-order valence-electron chi connectivity index (χ3n) is 7.66. The molecule has 0 atom stereocenters. The van der Waals surface area contributed by atoms with Gasteiger partial charge in [-0.15, -0.1) is 0 Å². The van der Waals surface area contributed by atoms with Crippen LogP contribution < -0.4 is 0 Å². The second-order valence-electron chi connectivity index (χ2n) is 9.16. The second-order valence-corrected chi connectivity index (χ2v) is 9.16. The highest BCUT2D eigenvalue weighted by Gasteiger charge is 2.56. The van der Waals surface area contributed by atoms with Crippen molar-refractivity contribution in [2.75, 3.05) is 0 Å². The van der Waals surface area contributed by atoms with Crippen LogP contribution in [-0.4, -0.2) is 26.2 Å². The predicted octanol–water partition coefficient (Wildman–Crippen LogP) is 6.37. The van der Waals surface area contributed by atoms with E-state index >= 15 is 8.63 Å². The first-order chi connectivity index (χ1) is 15.2. The average molecular weight is 433 g/mol. The molecule has 0 N–H and O–H groups in total. The number of hydrogen-bond acceptors (Lipinski definition) is 0. The lowest BCUT2D eigenvalue weighted by atomic mass is 9.83. The Bertz CT molecular complexity index is 1410. The van der Waals surface area contributed by atoms with Crippen LogP contribution in [0.3, 0.4) is 0 Å². The quantitative estimate of drug-likeness (QED) is 0.426. The molecule has 1 aromatic carbocycles. The summed E-state index contributed by atoms with van der Waals surface area (Å²) in [5.41, 5.74) is 9.74. The number of nitrogens with zero attached hydrogens (tertiary/aromatic N) is 3. The molecule has 0 saturated heterocycles. The summed E-state index contributed by atoms with van der Waals surface area (Å²) in [6.07, 6.45) is 3.57. The average Bonchev–Trinajstić information content (AvgIpc) is 3.31. The minimum absolute atomic E-state index is 0.677. The number of allylic oxidation sites excluding steroid dienone is 2. The lowest BCUT2D eigenvalue weighted by Crippen LogP contribution is -2.51. The van der Waals surface area contributed by atoms with Gasteiger partial charge in [0, 0.05) is 53.5 Å². The topological polar surface area (TPSA) is 12.9 Å². The van der Waals surface area contributed by atoms with Crippen LogP contribution in [0.2, 0.25) is 0 Å². The second kappa shape index (κ2) is 6.80. The van der Waals surface area contributed by atoms with E-state index in [0.29, 0.717) is 22.8 Å². The van der Waals surface area contributed by atoms with Gasteiger partial charge in [0.25, 0.3) is 0 Å². The van der Waals surface area contributed by atoms with Crippen LogP contribution in [0.4, 0.5) is 8.63 Å². The lowest BCUT2D eigenvalue weighted by Gasteiger charge is -2.33.